The number of hydrogen-bond acceptors (Lipinski definition) is 1. The van der Waals surface area contributed by atoms with Crippen LogP contribution in [0.15, 0.2) is 0 Å². The molecule has 0 spiro atoms. The summed E-state index contributed by atoms with van der Waals surface area (Å²) < 4.78 is 5.28. The average Bonchev–Trinajstić information content (AvgIpc) is 2.37. The Hall–Kier alpha value is -0.0400. The van der Waals surface area contributed by atoms with Crippen LogP contribution in [0.5, 0.6) is 0 Å². The van der Waals surface area contributed by atoms with Gasteiger partial charge in [-0.05, 0) is 18.3 Å². The predicted molar refractivity (Wildman–Crippen MR) is 38.4 cm³/mol. The second kappa shape index (κ2) is 3.21. The van der Waals surface area contributed by atoms with Crippen molar-refractivity contribution in [2.75, 3.05) is 13.2 Å². The first-order chi connectivity index (χ1) is 4.34. The van der Waals surface area contributed by atoms with Gasteiger partial charge in [0.05, 0.1) is 0 Å². The van der Waals surface area contributed by atoms with Crippen LogP contribution in [0.1, 0.15) is 26.7 Å². The van der Waals surface area contributed by atoms with Crippen molar-refractivity contribution in [1.82, 2.24) is 0 Å². The van der Waals surface area contributed by atoms with E-state index < -0.39 is 0 Å². The van der Waals surface area contributed by atoms with E-state index >= 15 is 0 Å². The highest BCUT2D eigenvalue weighted by Crippen LogP contribution is 2.23. The molecule has 1 heteroatoms. The van der Waals surface area contributed by atoms with Crippen LogP contribution in [0.3, 0.4) is 0 Å². The van der Waals surface area contributed by atoms with Crippen LogP contribution < -0.4 is 0 Å². The average molecular weight is 128 g/mol. The summed E-state index contributed by atoms with van der Waals surface area (Å²) in [7, 11) is 0. The molecule has 1 saturated heterocycles. The van der Waals surface area contributed by atoms with Gasteiger partial charge >= 0.3 is 0 Å². The summed E-state index contributed by atoms with van der Waals surface area (Å²) in [5.74, 6) is 1.72. The molecule has 0 radical (unpaired) electrons. The van der Waals surface area contributed by atoms with Gasteiger partial charge in [0.1, 0.15) is 0 Å². The molecule has 0 amide bonds. The van der Waals surface area contributed by atoms with Gasteiger partial charge in [-0.2, -0.15) is 0 Å². The molecule has 9 heavy (non-hydrogen) atoms. The Morgan fingerprint density at radius 1 is 1.67 bits per heavy atom. The highest BCUT2D eigenvalue weighted by molar-refractivity contribution is 4.68. The van der Waals surface area contributed by atoms with Crippen LogP contribution in [0.25, 0.3) is 0 Å². The highest BCUT2D eigenvalue weighted by atomic mass is 16.5. The maximum atomic E-state index is 5.28. The SMILES string of the molecule is CCC(C)[C@@H]1CCOC1. The lowest BCUT2D eigenvalue weighted by molar-refractivity contribution is 0.173. The Morgan fingerprint density at radius 3 is 2.89 bits per heavy atom. The quantitative estimate of drug-likeness (QED) is 0.553. The first kappa shape index (κ1) is 7.07. The van der Waals surface area contributed by atoms with E-state index in [2.05, 4.69) is 13.8 Å². The molecule has 1 aliphatic heterocycles. The second-order valence-corrected chi connectivity index (χ2v) is 3.01. The maximum absolute atomic E-state index is 5.28. The zero-order valence-corrected chi connectivity index (χ0v) is 6.39. The monoisotopic (exact) mass is 128 g/mol. The first-order valence-corrected chi connectivity index (χ1v) is 3.92. The normalized spacial score (nSPS) is 30.7. The van der Waals surface area contributed by atoms with E-state index in [1.165, 1.54) is 12.8 Å². The maximum Gasteiger partial charge on any atom is 0.0497 e. The van der Waals surface area contributed by atoms with Gasteiger partial charge in [-0.1, -0.05) is 20.3 Å². The molecule has 0 bridgehead atoms. The van der Waals surface area contributed by atoms with Crippen molar-refractivity contribution in [1.29, 1.82) is 0 Å². The molecule has 1 heterocycles. The van der Waals surface area contributed by atoms with Crippen molar-refractivity contribution >= 4 is 0 Å². The van der Waals surface area contributed by atoms with Crippen LogP contribution in [-0.2, 0) is 4.74 Å². The molecule has 0 aromatic rings. The van der Waals surface area contributed by atoms with E-state index in [4.69, 9.17) is 4.74 Å². The Kier molecular flexibility index (Phi) is 2.52. The fourth-order valence-electron chi connectivity index (χ4n) is 1.33. The van der Waals surface area contributed by atoms with Gasteiger partial charge in [0.25, 0.3) is 0 Å². The lowest BCUT2D eigenvalue weighted by Crippen LogP contribution is -2.09. The van der Waals surface area contributed by atoms with E-state index in [9.17, 15) is 0 Å². The molecule has 0 N–H and O–H groups in total. The van der Waals surface area contributed by atoms with Gasteiger partial charge in [-0.3, -0.25) is 0 Å². The lowest BCUT2D eigenvalue weighted by atomic mass is 9.91. The van der Waals surface area contributed by atoms with Gasteiger partial charge in [-0.15, -0.1) is 0 Å². The summed E-state index contributed by atoms with van der Waals surface area (Å²) in [6.07, 6.45) is 2.59. The molecule has 54 valence electrons. The van der Waals surface area contributed by atoms with Crippen molar-refractivity contribution in [2.24, 2.45) is 11.8 Å². The smallest absolute Gasteiger partial charge is 0.0497 e. The van der Waals surface area contributed by atoms with Gasteiger partial charge < -0.3 is 4.74 Å². The van der Waals surface area contributed by atoms with E-state index in [1.54, 1.807) is 0 Å². The molecule has 1 fully saturated rings. The van der Waals surface area contributed by atoms with Crippen molar-refractivity contribution in [3.63, 3.8) is 0 Å². The number of ether oxygens (including phenoxy) is 1. The Labute approximate surface area is 57.4 Å². The molecular formula is C8H16O. The Balaban J connectivity index is 2.24. The van der Waals surface area contributed by atoms with Crippen LogP contribution in [-0.4, -0.2) is 13.2 Å². The fraction of sp³-hybridized carbons (Fsp3) is 1.00. The predicted octanol–water partition coefficient (Wildman–Crippen LogP) is 2.07. The first-order valence-electron chi connectivity index (χ1n) is 3.92. The Bertz CT molecular complexity index is 74.6. The van der Waals surface area contributed by atoms with Gasteiger partial charge in [0.2, 0.25) is 0 Å². The topological polar surface area (TPSA) is 9.23 Å². The molecule has 1 aliphatic rings. The van der Waals surface area contributed by atoms with Crippen LogP contribution in [0, 0.1) is 11.8 Å². The van der Waals surface area contributed by atoms with E-state index in [-0.39, 0.29) is 0 Å². The van der Waals surface area contributed by atoms with Gasteiger partial charge in [-0.25, -0.2) is 0 Å². The van der Waals surface area contributed by atoms with E-state index in [0.717, 1.165) is 25.0 Å². The minimum atomic E-state index is 0.856. The van der Waals surface area contributed by atoms with Crippen LogP contribution in [0.2, 0.25) is 0 Å². The highest BCUT2D eigenvalue weighted by Gasteiger charge is 2.20. The van der Waals surface area contributed by atoms with Crippen LogP contribution >= 0.6 is 0 Å². The zero-order chi connectivity index (χ0) is 6.69. The standard InChI is InChI=1S/C8H16O/c1-3-7(2)8-4-5-9-6-8/h7-8H,3-6H2,1-2H3/t7?,8-/m1/s1. The minimum Gasteiger partial charge on any atom is -0.381 e. The number of hydrogen-bond donors (Lipinski definition) is 0. The third kappa shape index (κ3) is 1.68. The molecule has 2 atom stereocenters. The van der Waals surface area contributed by atoms with Gasteiger partial charge in [0.15, 0.2) is 0 Å². The largest absolute Gasteiger partial charge is 0.381 e. The third-order valence-corrected chi connectivity index (χ3v) is 2.41. The summed E-state index contributed by atoms with van der Waals surface area (Å²) >= 11 is 0. The van der Waals surface area contributed by atoms with Crippen molar-refractivity contribution in [3.05, 3.63) is 0 Å². The van der Waals surface area contributed by atoms with E-state index in [0.29, 0.717) is 0 Å². The van der Waals surface area contributed by atoms with E-state index in [1.807, 2.05) is 0 Å². The molecule has 1 rings (SSSR count). The van der Waals surface area contributed by atoms with Crippen molar-refractivity contribution in [3.8, 4) is 0 Å². The molecule has 0 saturated carbocycles. The molecule has 1 nitrogen and oxygen atoms in total. The van der Waals surface area contributed by atoms with Crippen molar-refractivity contribution < 1.29 is 4.74 Å². The molecule has 0 aromatic carbocycles. The summed E-state index contributed by atoms with van der Waals surface area (Å²) in [6, 6.07) is 0. The van der Waals surface area contributed by atoms with Gasteiger partial charge in [0, 0.05) is 13.2 Å². The summed E-state index contributed by atoms with van der Waals surface area (Å²) in [5, 5.41) is 0. The summed E-state index contributed by atoms with van der Waals surface area (Å²) in [4.78, 5) is 0. The number of rotatable bonds is 2. The Morgan fingerprint density at radius 2 is 2.44 bits per heavy atom. The van der Waals surface area contributed by atoms with Crippen molar-refractivity contribution in [2.45, 2.75) is 26.7 Å². The summed E-state index contributed by atoms with van der Waals surface area (Å²) in [5.41, 5.74) is 0. The van der Waals surface area contributed by atoms with Crippen LogP contribution in [0.4, 0.5) is 0 Å². The minimum absolute atomic E-state index is 0.856. The zero-order valence-electron chi connectivity index (χ0n) is 6.39. The second-order valence-electron chi connectivity index (χ2n) is 3.01. The molecule has 1 unspecified atom stereocenters. The lowest BCUT2D eigenvalue weighted by Gasteiger charge is -2.13. The third-order valence-electron chi connectivity index (χ3n) is 2.41. The molecule has 0 aliphatic carbocycles. The summed E-state index contributed by atoms with van der Waals surface area (Å²) in [6.45, 7) is 6.58. The fourth-order valence-corrected chi connectivity index (χ4v) is 1.33. The molecule has 0 aromatic heterocycles. The molecular weight excluding hydrogens is 112 g/mol.